The van der Waals surface area contributed by atoms with Gasteiger partial charge in [-0.1, -0.05) is 23.7 Å². The lowest BCUT2D eigenvalue weighted by Crippen LogP contribution is -2.47. The van der Waals surface area contributed by atoms with Gasteiger partial charge in [0.05, 0.1) is 17.7 Å². The van der Waals surface area contributed by atoms with Crippen LogP contribution in [-0.2, 0) is 22.8 Å². The standard InChI is InChI=1S/C26H29ClN2O4S/c1-34(31,32)25-10-6-21(7-11-25)26(30)29(19-24-3-2-18-33-24)23-13-16-28(17-14-23)15-12-20-4-8-22(27)9-5-20/h2-11,18,23H,12-17,19H2,1H3. The lowest BCUT2D eigenvalue weighted by atomic mass is 10.0. The predicted octanol–water partition coefficient (Wildman–Crippen LogP) is 4.69. The summed E-state index contributed by atoms with van der Waals surface area (Å²) in [4.78, 5) is 18.0. The van der Waals surface area contributed by atoms with Gasteiger partial charge in [-0.2, -0.15) is 0 Å². The average molecular weight is 501 g/mol. The molecule has 2 heterocycles. The van der Waals surface area contributed by atoms with Crippen LogP contribution in [0.25, 0.3) is 0 Å². The third kappa shape index (κ3) is 6.29. The molecular weight excluding hydrogens is 472 g/mol. The number of amides is 1. The van der Waals surface area contributed by atoms with Crippen molar-refractivity contribution in [2.75, 3.05) is 25.9 Å². The van der Waals surface area contributed by atoms with Crippen molar-refractivity contribution in [2.45, 2.75) is 36.7 Å². The molecule has 8 heteroatoms. The highest BCUT2D eigenvalue weighted by Gasteiger charge is 2.29. The number of rotatable bonds is 8. The van der Waals surface area contributed by atoms with Gasteiger partial charge in [0.25, 0.3) is 5.91 Å². The number of carbonyl (C=O) groups is 1. The maximum Gasteiger partial charge on any atom is 0.254 e. The molecule has 0 unspecified atom stereocenters. The Kier molecular flexibility index (Phi) is 7.76. The smallest absolute Gasteiger partial charge is 0.254 e. The molecular formula is C26H29ClN2O4S. The maximum absolute atomic E-state index is 13.5. The van der Waals surface area contributed by atoms with Gasteiger partial charge < -0.3 is 14.2 Å². The molecule has 1 amide bonds. The molecule has 1 aromatic heterocycles. The average Bonchev–Trinajstić information content (AvgIpc) is 3.35. The van der Waals surface area contributed by atoms with Crippen molar-refractivity contribution in [3.05, 3.63) is 88.8 Å². The highest BCUT2D eigenvalue weighted by Crippen LogP contribution is 2.23. The van der Waals surface area contributed by atoms with E-state index in [4.69, 9.17) is 16.0 Å². The molecule has 0 radical (unpaired) electrons. The van der Waals surface area contributed by atoms with Gasteiger partial charge in [0.2, 0.25) is 0 Å². The second-order valence-corrected chi connectivity index (χ2v) is 11.2. The molecule has 0 bridgehead atoms. The molecule has 0 N–H and O–H groups in total. The van der Waals surface area contributed by atoms with E-state index in [-0.39, 0.29) is 16.8 Å². The number of piperidine rings is 1. The summed E-state index contributed by atoms with van der Waals surface area (Å²) in [5.41, 5.74) is 1.74. The van der Waals surface area contributed by atoms with Gasteiger partial charge in [0, 0.05) is 42.5 Å². The SMILES string of the molecule is CS(=O)(=O)c1ccc(C(=O)N(Cc2ccco2)C2CCN(CCc3ccc(Cl)cc3)CC2)cc1. The number of sulfone groups is 1. The van der Waals surface area contributed by atoms with Crippen LogP contribution < -0.4 is 0 Å². The Morgan fingerprint density at radius 3 is 2.32 bits per heavy atom. The minimum Gasteiger partial charge on any atom is -0.467 e. The molecule has 1 saturated heterocycles. The summed E-state index contributed by atoms with van der Waals surface area (Å²) in [5, 5.41) is 0.747. The van der Waals surface area contributed by atoms with E-state index in [0.29, 0.717) is 12.1 Å². The minimum atomic E-state index is -3.31. The van der Waals surface area contributed by atoms with Crippen LogP contribution in [0.5, 0.6) is 0 Å². The molecule has 3 aromatic rings. The third-order valence-electron chi connectivity index (χ3n) is 6.32. The van der Waals surface area contributed by atoms with Crippen molar-refractivity contribution < 1.29 is 17.6 Å². The van der Waals surface area contributed by atoms with Crippen LogP contribution in [0.2, 0.25) is 5.02 Å². The number of hydrogen-bond donors (Lipinski definition) is 0. The number of benzene rings is 2. The zero-order valence-corrected chi connectivity index (χ0v) is 20.8. The lowest BCUT2D eigenvalue weighted by Gasteiger charge is -2.38. The molecule has 0 spiro atoms. The Bertz CT molecular complexity index is 1180. The first-order valence-electron chi connectivity index (χ1n) is 11.4. The van der Waals surface area contributed by atoms with Crippen molar-refractivity contribution in [1.82, 2.24) is 9.80 Å². The number of hydrogen-bond acceptors (Lipinski definition) is 5. The normalized spacial score (nSPS) is 15.4. The molecule has 0 aliphatic carbocycles. The van der Waals surface area contributed by atoms with Crippen LogP contribution in [0, 0.1) is 0 Å². The van der Waals surface area contributed by atoms with E-state index in [1.807, 2.05) is 29.2 Å². The number of halogens is 1. The van der Waals surface area contributed by atoms with E-state index < -0.39 is 9.84 Å². The van der Waals surface area contributed by atoms with E-state index in [1.54, 1.807) is 18.4 Å². The first-order valence-corrected chi connectivity index (χ1v) is 13.7. The number of furan rings is 1. The largest absolute Gasteiger partial charge is 0.467 e. The Hall–Kier alpha value is -2.61. The summed E-state index contributed by atoms with van der Waals surface area (Å²) in [7, 11) is -3.31. The fourth-order valence-electron chi connectivity index (χ4n) is 4.34. The Labute approximate surface area is 206 Å². The summed E-state index contributed by atoms with van der Waals surface area (Å²) < 4.78 is 29.1. The molecule has 4 rings (SSSR count). The van der Waals surface area contributed by atoms with E-state index in [0.717, 1.165) is 55.9 Å². The van der Waals surface area contributed by atoms with Crippen LogP contribution in [0.15, 0.2) is 76.2 Å². The first-order chi connectivity index (χ1) is 16.3. The summed E-state index contributed by atoms with van der Waals surface area (Å²) in [5.74, 6) is 0.613. The molecule has 0 saturated carbocycles. The fraction of sp³-hybridized carbons (Fsp3) is 0.346. The fourth-order valence-corrected chi connectivity index (χ4v) is 5.10. The van der Waals surface area contributed by atoms with Crippen LogP contribution in [0.1, 0.15) is 34.5 Å². The van der Waals surface area contributed by atoms with Crippen molar-refractivity contribution in [3.8, 4) is 0 Å². The predicted molar refractivity (Wildman–Crippen MR) is 133 cm³/mol. The van der Waals surface area contributed by atoms with Crippen LogP contribution in [0.4, 0.5) is 0 Å². The molecule has 0 atom stereocenters. The van der Waals surface area contributed by atoms with E-state index in [9.17, 15) is 13.2 Å². The van der Waals surface area contributed by atoms with Crippen molar-refractivity contribution in [3.63, 3.8) is 0 Å². The molecule has 1 aliphatic heterocycles. The summed E-state index contributed by atoms with van der Waals surface area (Å²) >= 11 is 5.98. The van der Waals surface area contributed by atoms with E-state index in [1.165, 1.54) is 17.7 Å². The molecule has 34 heavy (non-hydrogen) atoms. The lowest BCUT2D eigenvalue weighted by molar-refractivity contribution is 0.0531. The quantitative estimate of drug-likeness (QED) is 0.449. The van der Waals surface area contributed by atoms with Crippen molar-refractivity contribution in [2.24, 2.45) is 0 Å². The van der Waals surface area contributed by atoms with E-state index >= 15 is 0 Å². The van der Waals surface area contributed by atoms with Crippen LogP contribution in [0.3, 0.4) is 0 Å². The maximum atomic E-state index is 13.5. The van der Waals surface area contributed by atoms with Crippen LogP contribution >= 0.6 is 11.6 Å². The number of carbonyl (C=O) groups excluding carboxylic acids is 1. The van der Waals surface area contributed by atoms with Gasteiger partial charge in [-0.05, 0) is 73.4 Å². The summed E-state index contributed by atoms with van der Waals surface area (Å²) in [6, 6.07) is 17.9. The van der Waals surface area contributed by atoms with Crippen LogP contribution in [-0.4, -0.2) is 56.1 Å². The Balaban J connectivity index is 1.42. The van der Waals surface area contributed by atoms with Crippen molar-refractivity contribution >= 4 is 27.3 Å². The third-order valence-corrected chi connectivity index (χ3v) is 7.70. The summed E-state index contributed by atoms with van der Waals surface area (Å²) in [6.45, 7) is 3.17. The zero-order chi connectivity index (χ0) is 24.1. The van der Waals surface area contributed by atoms with Gasteiger partial charge in [-0.3, -0.25) is 4.79 Å². The van der Waals surface area contributed by atoms with Gasteiger partial charge >= 0.3 is 0 Å². The van der Waals surface area contributed by atoms with Gasteiger partial charge in [-0.15, -0.1) is 0 Å². The molecule has 2 aromatic carbocycles. The molecule has 180 valence electrons. The first kappa shape index (κ1) is 24.5. The molecule has 1 fully saturated rings. The Morgan fingerprint density at radius 1 is 1.06 bits per heavy atom. The van der Waals surface area contributed by atoms with Gasteiger partial charge in [0.1, 0.15) is 5.76 Å². The topological polar surface area (TPSA) is 70.8 Å². The van der Waals surface area contributed by atoms with E-state index in [2.05, 4.69) is 17.0 Å². The minimum absolute atomic E-state index is 0.0824. The monoisotopic (exact) mass is 500 g/mol. The molecule has 1 aliphatic rings. The second kappa shape index (κ2) is 10.8. The highest BCUT2D eigenvalue weighted by atomic mass is 35.5. The highest BCUT2D eigenvalue weighted by molar-refractivity contribution is 7.90. The van der Waals surface area contributed by atoms with Gasteiger partial charge in [0.15, 0.2) is 9.84 Å². The summed E-state index contributed by atoms with van der Waals surface area (Å²) in [6.07, 6.45) is 5.47. The number of likely N-dealkylation sites (tertiary alicyclic amines) is 1. The number of nitrogens with zero attached hydrogens (tertiary/aromatic N) is 2. The Morgan fingerprint density at radius 2 is 1.74 bits per heavy atom. The molecule has 6 nitrogen and oxygen atoms in total. The van der Waals surface area contributed by atoms with Gasteiger partial charge in [-0.25, -0.2) is 8.42 Å². The zero-order valence-electron chi connectivity index (χ0n) is 19.2. The van der Waals surface area contributed by atoms with Crippen molar-refractivity contribution in [1.29, 1.82) is 0 Å². The second-order valence-electron chi connectivity index (χ2n) is 8.76.